The van der Waals surface area contributed by atoms with Gasteiger partial charge in [0.05, 0.1) is 5.41 Å². The molecule has 0 atom stereocenters. The molecule has 2 rings (SSSR count). The van der Waals surface area contributed by atoms with Crippen LogP contribution in [0.15, 0.2) is 24.3 Å². The first-order valence-electron chi connectivity index (χ1n) is 7.12. The van der Waals surface area contributed by atoms with Crippen LogP contribution in [0, 0.1) is 11.3 Å². The SMILES string of the molecule is CC(C)Cc1ccc(CNC(=O)C2(CN)CC2)cc1. The molecule has 1 aromatic carbocycles. The van der Waals surface area contributed by atoms with E-state index in [2.05, 4.69) is 43.4 Å². The fourth-order valence-corrected chi connectivity index (χ4v) is 2.31. The highest BCUT2D eigenvalue weighted by Crippen LogP contribution is 2.44. The summed E-state index contributed by atoms with van der Waals surface area (Å²) in [5, 5.41) is 2.99. The summed E-state index contributed by atoms with van der Waals surface area (Å²) >= 11 is 0. The Morgan fingerprint density at radius 3 is 2.32 bits per heavy atom. The number of nitrogens with one attached hydrogen (secondary N) is 1. The molecule has 3 heteroatoms. The van der Waals surface area contributed by atoms with Crippen LogP contribution in [0.3, 0.4) is 0 Å². The van der Waals surface area contributed by atoms with Crippen LogP contribution in [0.25, 0.3) is 0 Å². The molecule has 0 aromatic heterocycles. The van der Waals surface area contributed by atoms with Crippen LogP contribution in [0.1, 0.15) is 37.8 Å². The van der Waals surface area contributed by atoms with E-state index in [0.29, 0.717) is 19.0 Å². The Balaban J connectivity index is 1.85. The van der Waals surface area contributed by atoms with Gasteiger partial charge >= 0.3 is 0 Å². The van der Waals surface area contributed by atoms with E-state index in [-0.39, 0.29) is 11.3 Å². The maximum atomic E-state index is 12.0. The van der Waals surface area contributed by atoms with Gasteiger partial charge in [-0.25, -0.2) is 0 Å². The van der Waals surface area contributed by atoms with Gasteiger partial charge in [0.2, 0.25) is 5.91 Å². The van der Waals surface area contributed by atoms with Crippen molar-refractivity contribution in [2.24, 2.45) is 17.1 Å². The second-order valence-electron chi connectivity index (χ2n) is 6.08. The number of benzene rings is 1. The standard InChI is InChI=1S/C16H24N2O/c1-12(2)9-13-3-5-14(6-4-13)10-18-15(19)16(11-17)7-8-16/h3-6,12H,7-11,17H2,1-2H3,(H,18,19). The van der Waals surface area contributed by atoms with Gasteiger partial charge in [0.15, 0.2) is 0 Å². The predicted octanol–water partition coefficient (Wildman–Crippen LogP) is 2.24. The van der Waals surface area contributed by atoms with Gasteiger partial charge in [0.25, 0.3) is 0 Å². The highest BCUT2D eigenvalue weighted by molar-refractivity contribution is 5.85. The maximum absolute atomic E-state index is 12.0. The van der Waals surface area contributed by atoms with Gasteiger partial charge in [-0.2, -0.15) is 0 Å². The van der Waals surface area contributed by atoms with E-state index in [1.807, 2.05) is 0 Å². The summed E-state index contributed by atoms with van der Waals surface area (Å²) in [6.45, 7) is 5.50. The van der Waals surface area contributed by atoms with Gasteiger partial charge in [-0.3, -0.25) is 4.79 Å². The lowest BCUT2D eigenvalue weighted by Gasteiger charge is -2.13. The maximum Gasteiger partial charge on any atom is 0.227 e. The van der Waals surface area contributed by atoms with Gasteiger partial charge in [0.1, 0.15) is 0 Å². The van der Waals surface area contributed by atoms with E-state index in [1.165, 1.54) is 5.56 Å². The molecule has 3 nitrogen and oxygen atoms in total. The summed E-state index contributed by atoms with van der Waals surface area (Å²) in [4.78, 5) is 12.0. The third-order valence-electron chi connectivity index (χ3n) is 3.85. The summed E-state index contributed by atoms with van der Waals surface area (Å²) < 4.78 is 0. The Morgan fingerprint density at radius 2 is 1.84 bits per heavy atom. The largest absolute Gasteiger partial charge is 0.352 e. The van der Waals surface area contributed by atoms with E-state index in [1.54, 1.807) is 0 Å². The normalized spacial score (nSPS) is 16.4. The van der Waals surface area contributed by atoms with Crippen molar-refractivity contribution in [3.05, 3.63) is 35.4 Å². The number of nitrogens with two attached hydrogens (primary N) is 1. The van der Waals surface area contributed by atoms with Gasteiger partial charge < -0.3 is 11.1 Å². The van der Waals surface area contributed by atoms with E-state index in [0.717, 1.165) is 24.8 Å². The first-order valence-corrected chi connectivity index (χ1v) is 7.12. The van der Waals surface area contributed by atoms with Crippen LogP contribution >= 0.6 is 0 Å². The van der Waals surface area contributed by atoms with E-state index in [9.17, 15) is 4.79 Å². The fourth-order valence-electron chi connectivity index (χ4n) is 2.31. The zero-order chi connectivity index (χ0) is 13.9. The van der Waals surface area contributed by atoms with Crippen molar-refractivity contribution < 1.29 is 4.79 Å². The molecule has 1 aliphatic rings. The molecular weight excluding hydrogens is 236 g/mol. The molecular formula is C16H24N2O. The molecule has 0 bridgehead atoms. The molecule has 0 spiro atoms. The number of carbonyl (C=O) groups excluding carboxylic acids is 1. The third-order valence-corrected chi connectivity index (χ3v) is 3.85. The van der Waals surface area contributed by atoms with Crippen LogP contribution < -0.4 is 11.1 Å². The summed E-state index contributed by atoms with van der Waals surface area (Å²) in [6.07, 6.45) is 2.97. The van der Waals surface area contributed by atoms with Crippen molar-refractivity contribution >= 4 is 5.91 Å². The highest BCUT2D eigenvalue weighted by atomic mass is 16.2. The lowest BCUT2D eigenvalue weighted by molar-refractivity contribution is -0.126. The van der Waals surface area contributed by atoms with Crippen molar-refractivity contribution in [3.63, 3.8) is 0 Å². The molecule has 0 radical (unpaired) electrons. The second kappa shape index (κ2) is 5.74. The first kappa shape index (κ1) is 14.1. The van der Waals surface area contributed by atoms with Gasteiger partial charge in [-0.15, -0.1) is 0 Å². The molecule has 1 saturated carbocycles. The summed E-state index contributed by atoms with van der Waals surface area (Å²) in [5.74, 6) is 0.783. The first-order chi connectivity index (χ1) is 9.05. The summed E-state index contributed by atoms with van der Waals surface area (Å²) in [6, 6.07) is 8.49. The molecule has 3 N–H and O–H groups in total. The monoisotopic (exact) mass is 260 g/mol. The Labute approximate surface area is 115 Å². The Hall–Kier alpha value is -1.35. The van der Waals surface area contributed by atoms with E-state index in [4.69, 9.17) is 5.73 Å². The topological polar surface area (TPSA) is 55.1 Å². The Kier molecular flexibility index (Phi) is 4.25. The molecule has 0 aliphatic heterocycles. The predicted molar refractivity (Wildman–Crippen MR) is 77.6 cm³/mol. The summed E-state index contributed by atoms with van der Waals surface area (Å²) in [7, 11) is 0. The zero-order valence-electron chi connectivity index (χ0n) is 11.9. The quantitative estimate of drug-likeness (QED) is 0.824. The van der Waals surface area contributed by atoms with Crippen molar-refractivity contribution in [2.45, 2.75) is 39.7 Å². The number of rotatable bonds is 6. The average Bonchev–Trinajstić information content (AvgIpc) is 3.18. The van der Waals surface area contributed by atoms with Crippen LogP contribution in [0.5, 0.6) is 0 Å². The molecule has 1 amide bonds. The van der Waals surface area contributed by atoms with Crippen LogP contribution in [-0.2, 0) is 17.8 Å². The van der Waals surface area contributed by atoms with Crippen LogP contribution in [0.4, 0.5) is 0 Å². The van der Waals surface area contributed by atoms with Gasteiger partial charge in [0, 0.05) is 13.1 Å². The summed E-state index contributed by atoms with van der Waals surface area (Å²) in [5.41, 5.74) is 7.89. The Bertz CT molecular complexity index is 433. The number of hydrogen-bond acceptors (Lipinski definition) is 2. The van der Waals surface area contributed by atoms with Gasteiger partial charge in [-0.1, -0.05) is 38.1 Å². The van der Waals surface area contributed by atoms with E-state index < -0.39 is 0 Å². The van der Waals surface area contributed by atoms with Crippen LogP contribution in [0.2, 0.25) is 0 Å². The molecule has 104 valence electrons. The minimum atomic E-state index is -0.252. The van der Waals surface area contributed by atoms with Crippen molar-refractivity contribution in [2.75, 3.05) is 6.54 Å². The number of amides is 1. The fraction of sp³-hybridized carbons (Fsp3) is 0.562. The molecule has 1 fully saturated rings. The number of carbonyl (C=O) groups is 1. The second-order valence-corrected chi connectivity index (χ2v) is 6.08. The lowest BCUT2D eigenvalue weighted by atomic mass is 10.0. The third kappa shape index (κ3) is 3.57. The molecule has 0 saturated heterocycles. The molecule has 0 heterocycles. The average molecular weight is 260 g/mol. The van der Waals surface area contributed by atoms with Crippen molar-refractivity contribution in [1.29, 1.82) is 0 Å². The van der Waals surface area contributed by atoms with Crippen molar-refractivity contribution in [1.82, 2.24) is 5.32 Å². The molecule has 0 unspecified atom stereocenters. The lowest BCUT2D eigenvalue weighted by Crippen LogP contribution is -2.36. The molecule has 1 aromatic rings. The molecule has 1 aliphatic carbocycles. The number of hydrogen-bond donors (Lipinski definition) is 2. The van der Waals surface area contributed by atoms with Crippen LogP contribution in [-0.4, -0.2) is 12.5 Å². The zero-order valence-corrected chi connectivity index (χ0v) is 11.9. The van der Waals surface area contributed by atoms with Gasteiger partial charge in [-0.05, 0) is 36.3 Å². The minimum absolute atomic E-state index is 0.112. The minimum Gasteiger partial charge on any atom is -0.352 e. The highest BCUT2D eigenvalue weighted by Gasteiger charge is 2.48. The smallest absolute Gasteiger partial charge is 0.227 e. The van der Waals surface area contributed by atoms with E-state index >= 15 is 0 Å². The Morgan fingerprint density at radius 1 is 1.26 bits per heavy atom. The van der Waals surface area contributed by atoms with Crippen molar-refractivity contribution in [3.8, 4) is 0 Å². The molecule has 19 heavy (non-hydrogen) atoms.